The highest BCUT2D eigenvalue weighted by Gasteiger charge is 2.35. The molecule has 2 N–H and O–H groups in total. The van der Waals surface area contributed by atoms with Gasteiger partial charge in [0.05, 0.1) is 18.5 Å². The van der Waals surface area contributed by atoms with E-state index < -0.39 is 30.4 Å². The summed E-state index contributed by atoms with van der Waals surface area (Å²) in [5, 5.41) is 3.03. The summed E-state index contributed by atoms with van der Waals surface area (Å²) in [6.07, 6.45) is 1.55. The number of oxazole rings is 1. The molecular formula is C46H67N7O11. The number of nitrogens with one attached hydrogen (secondary N) is 2. The predicted octanol–water partition coefficient (Wildman–Crippen LogP) is 5.61. The van der Waals surface area contributed by atoms with Crippen molar-refractivity contribution in [3.05, 3.63) is 63.6 Å². The molecular weight excluding hydrogens is 827 g/mol. The second-order valence-electron chi connectivity index (χ2n) is 16.9. The van der Waals surface area contributed by atoms with E-state index in [4.69, 9.17) is 18.6 Å². The van der Waals surface area contributed by atoms with E-state index in [0.717, 1.165) is 60.9 Å². The van der Waals surface area contributed by atoms with Gasteiger partial charge in [-0.3, -0.25) is 14.6 Å². The zero-order valence-corrected chi connectivity index (χ0v) is 37.2. The maximum Gasteiger partial charge on any atom is 0.511 e. The van der Waals surface area contributed by atoms with Gasteiger partial charge in [0.2, 0.25) is 6.29 Å². The van der Waals surface area contributed by atoms with Crippen molar-refractivity contribution in [1.82, 2.24) is 29.5 Å². The van der Waals surface area contributed by atoms with Crippen LogP contribution in [0.2, 0.25) is 0 Å². The summed E-state index contributed by atoms with van der Waals surface area (Å²) >= 11 is 0. The molecule has 2 aromatic carbocycles. The molecule has 3 fully saturated rings. The number of piperazine rings is 1. The van der Waals surface area contributed by atoms with E-state index in [2.05, 4.69) is 31.8 Å². The highest BCUT2D eigenvalue weighted by atomic mass is 16.8. The van der Waals surface area contributed by atoms with Gasteiger partial charge in [-0.15, -0.1) is 0 Å². The number of rotatable bonds is 11. The van der Waals surface area contributed by atoms with Gasteiger partial charge in [-0.05, 0) is 101 Å². The van der Waals surface area contributed by atoms with Crippen LogP contribution in [0, 0.1) is 12.8 Å². The maximum atomic E-state index is 13.7. The number of aromatic nitrogens is 1. The number of carbonyl (C=O) groups excluding carboxylic acids is 5. The van der Waals surface area contributed by atoms with E-state index in [0.29, 0.717) is 69.6 Å². The number of nitrogens with zero attached hydrogens (tertiary/aromatic N) is 5. The van der Waals surface area contributed by atoms with Crippen molar-refractivity contribution < 1.29 is 47.3 Å². The fourth-order valence-electron chi connectivity index (χ4n) is 8.42. The molecule has 0 aliphatic carbocycles. The third-order valence-corrected chi connectivity index (χ3v) is 12.2. The number of aromatic amines is 1. The van der Waals surface area contributed by atoms with Gasteiger partial charge in [0.25, 0.3) is 5.91 Å². The molecule has 352 valence electrons. The largest absolute Gasteiger partial charge is 0.511 e. The minimum Gasteiger partial charge on any atom is -0.436 e. The van der Waals surface area contributed by atoms with Crippen LogP contribution in [0.3, 0.4) is 0 Å². The number of urea groups is 1. The molecule has 18 heteroatoms. The van der Waals surface area contributed by atoms with Crippen molar-refractivity contribution in [2.45, 2.75) is 98.5 Å². The Morgan fingerprint density at radius 2 is 1.58 bits per heavy atom. The van der Waals surface area contributed by atoms with E-state index in [1.165, 1.54) is 19.8 Å². The number of aryl methyl sites for hydroxylation is 1. The van der Waals surface area contributed by atoms with Gasteiger partial charge in [0.15, 0.2) is 11.7 Å². The number of esters is 1. The predicted molar refractivity (Wildman–Crippen MR) is 240 cm³/mol. The molecule has 7 rings (SSSR count). The molecule has 0 spiro atoms. The van der Waals surface area contributed by atoms with Gasteiger partial charge in [0.1, 0.15) is 0 Å². The lowest BCUT2D eigenvalue weighted by atomic mass is 9.99. The molecule has 0 saturated carbocycles. The Bertz CT molecular complexity index is 2100. The first kappa shape index (κ1) is 49.4. The van der Waals surface area contributed by atoms with E-state index in [-0.39, 0.29) is 44.4 Å². The summed E-state index contributed by atoms with van der Waals surface area (Å²) in [4.78, 5) is 86.9. The molecule has 4 aliphatic heterocycles. The maximum absolute atomic E-state index is 13.7. The normalized spacial score (nSPS) is 18.6. The molecule has 3 aromatic rings. The van der Waals surface area contributed by atoms with Crippen molar-refractivity contribution in [2.24, 2.45) is 5.92 Å². The molecule has 1 unspecified atom stereocenters. The van der Waals surface area contributed by atoms with E-state index in [9.17, 15) is 28.8 Å². The molecule has 3 saturated heterocycles. The molecule has 4 aliphatic rings. The van der Waals surface area contributed by atoms with Gasteiger partial charge in [-0.2, -0.15) is 0 Å². The number of hydrogen-bond donors (Lipinski definition) is 2. The molecule has 1 aromatic heterocycles. The number of benzene rings is 2. The molecule has 18 nitrogen and oxygen atoms in total. The quantitative estimate of drug-likeness (QED) is 0.137. The fourth-order valence-corrected chi connectivity index (χ4v) is 8.42. The van der Waals surface area contributed by atoms with Gasteiger partial charge in [-0.25, -0.2) is 19.2 Å². The van der Waals surface area contributed by atoms with Gasteiger partial charge >= 0.3 is 30.0 Å². The average Bonchev–Trinajstić information content (AvgIpc) is 3.55. The van der Waals surface area contributed by atoms with Gasteiger partial charge < -0.3 is 53.2 Å². The second-order valence-corrected chi connectivity index (χ2v) is 16.9. The monoisotopic (exact) mass is 893 g/mol. The van der Waals surface area contributed by atoms with Crippen LogP contribution in [0.25, 0.3) is 11.1 Å². The summed E-state index contributed by atoms with van der Waals surface area (Å²) in [5.41, 5.74) is 4.51. The Balaban J connectivity index is 0.000000311. The number of likely N-dealkylation sites (tertiary alicyclic amines) is 2. The fraction of sp³-hybridized carbons (Fsp3) is 0.609. The number of H-pyrrole nitrogens is 1. The lowest BCUT2D eigenvalue weighted by Crippen LogP contribution is -2.53. The number of para-hydroxylation sites is 1. The summed E-state index contributed by atoms with van der Waals surface area (Å²) in [5.74, 6) is -0.362. The summed E-state index contributed by atoms with van der Waals surface area (Å²) < 4.78 is 25.6. The number of likely N-dealkylation sites (N-methyl/N-ethyl adjacent to an activating group) is 1. The minimum absolute atomic E-state index is 0. The van der Waals surface area contributed by atoms with Crippen LogP contribution in [0.1, 0.15) is 77.0 Å². The molecule has 64 heavy (non-hydrogen) atoms. The van der Waals surface area contributed by atoms with Crippen LogP contribution < -0.4 is 11.1 Å². The van der Waals surface area contributed by atoms with Crippen molar-refractivity contribution in [3.63, 3.8) is 0 Å². The Morgan fingerprint density at radius 1 is 0.875 bits per heavy atom. The smallest absolute Gasteiger partial charge is 0.436 e. The number of fused-ring (bicyclic) bond motifs is 2. The van der Waals surface area contributed by atoms with Crippen molar-refractivity contribution >= 4 is 46.9 Å². The Kier molecular flexibility index (Phi) is 18.0. The first-order valence-corrected chi connectivity index (χ1v) is 22.2. The number of ether oxygens (including phenoxy) is 4. The molecule has 4 amide bonds. The number of piperidine rings is 2. The zero-order valence-electron chi connectivity index (χ0n) is 37.2. The topological polar surface area (TPSA) is 196 Å². The Labute approximate surface area is 375 Å². The van der Waals surface area contributed by atoms with E-state index in [1.807, 2.05) is 49.2 Å². The van der Waals surface area contributed by atoms with Crippen LogP contribution in [0.15, 0.2) is 45.6 Å². The van der Waals surface area contributed by atoms with Crippen LogP contribution in [-0.4, -0.2) is 157 Å². The van der Waals surface area contributed by atoms with E-state index >= 15 is 0 Å². The molecule has 0 radical (unpaired) electrons. The highest BCUT2D eigenvalue weighted by Crippen LogP contribution is 2.26. The van der Waals surface area contributed by atoms with Crippen molar-refractivity contribution in [2.75, 3.05) is 84.4 Å². The average molecular weight is 894 g/mol. The van der Waals surface area contributed by atoms with Crippen LogP contribution >= 0.6 is 0 Å². The third kappa shape index (κ3) is 13.7. The van der Waals surface area contributed by atoms with Gasteiger partial charge in [-0.1, -0.05) is 38.6 Å². The molecule has 2 atom stereocenters. The first-order valence-electron chi connectivity index (χ1n) is 22.2. The Hall–Kier alpha value is -5.62. The van der Waals surface area contributed by atoms with Gasteiger partial charge in [0, 0.05) is 77.4 Å². The number of amides is 4. The lowest BCUT2D eigenvalue weighted by molar-refractivity contribution is -0.168. The number of anilines is 1. The first-order chi connectivity index (χ1) is 30.3. The summed E-state index contributed by atoms with van der Waals surface area (Å²) in [7, 11) is 2.01. The van der Waals surface area contributed by atoms with Crippen LogP contribution in [0.4, 0.5) is 20.1 Å². The molecule has 5 heterocycles. The standard InChI is InChI=1S/C31H38N6O6.C14H25NO5.CH4/c1-20-17-21(18-25-27(20)33-30(40)42-25)19-26(28(38)35-15-13-34(2)14-16-35)43-31(41)36-10-8-23(9-11-36)37-12-7-22-5-3-4-6-24(22)32-29(37)39;1-4-18-14(17)20-12(3)19-13(16)7-10-15-8-5-11(2)6-9-15;/h3-6,17-18,23,26H,7-16,19H2,1-2H3,(H,32,39)(H,33,40);11-12H,4-10H2,1-3H3;1H4/t26-;;/m1../s1. The summed E-state index contributed by atoms with van der Waals surface area (Å²) in [6, 6.07) is 11.3. The van der Waals surface area contributed by atoms with Crippen LogP contribution in [-0.2, 0) is 41.4 Å². The lowest BCUT2D eigenvalue weighted by Gasteiger charge is -2.38. The van der Waals surface area contributed by atoms with Crippen molar-refractivity contribution in [1.29, 1.82) is 0 Å². The second kappa shape index (κ2) is 23.4. The number of carbonyl (C=O) groups is 5. The van der Waals surface area contributed by atoms with Crippen LogP contribution in [0.5, 0.6) is 0 Å². The van der Waals surface area contributed by atoms with E-state index in [1.54, 1.807) is 22.8 Å². The minimum atomic E-state index is -1.02. The third-order valence-electron chi connectivity index (χ3n) is 12.2. The number of hydrogen-bond acceptors (Lipinski definition) is 13. The highest BCUT2D eigenvalue weighted by molar-refractivity contribution is 5.91. The molecule has 0 bridgehead atoms. The van der Waals surface area contributed by atoms with Crippen molar-refractivity contribution in [3.8, 4) is 0 Å². The SMILES string of the molecule is C.CCOC(=O)OC(C)OC(=O)CCN1CCC(C)CC1.Cc1cc(C[C@@H](OC(=O)N2CCC(N3CCc4ccccc4NC3=O)CC2)C(=O)N2CCN(C)CC2)cc2oc(=O)[nH]c12. The Morgan fingerprint density at radius 3 is 2.28 bits per heavy atom. The summed E-state index contributed by atoms with van der Waals surface area (Å²) in [6.45, 7) is 14.3. The zero-order chi connectivity index (χ0) is 45.0.